The molecule has 0 radical (unpaired) electrons. The summed E-state index contributed by atoms with van der Waals surface area (Å²) in [6, 6.07) is 8.44. The Morgan fingerprint density at radius 3 is 2.57 bits per heavy atom. The molecule has 5 nitrogen and oxygen atoms in total. The molecule has 0 saturated heterocycles. The van der Waals surface area contributed by atoms with Crippen LogP contribution in [-0.4, -0.2) is 28.1 Å². The molecule has 2 aromatic rings. The summed E-state index contributed by atoms with van der Waals surface area (Å²) in [7, 11) is 0. The smallest absolute Gasteiger partial charge is 0.119 e. The Bertz CT molecular complexity index is 620. The van der Waals surface area contributed by atoms with Crippen LogP contribution in [0.4, 0.5) is 0 Å². The SMILES string of the molecule is CCOc1ccc(C(C)NCc2c(C)nn(CCO)c2C)cc1. The average molecular weight is 317 g/mol. The summed E-state index contributed by atoms with van der Waals surface area (Å²) in [6.07, 6.45) is 0. The van der Waals surface area contributed by atoms with E-state index in [1.807, 2.05) is 37.6 Å². The van der Waals surface area contributed by atoms with Gasteiger partial charge in [0, 0.05) is 23.8 Å². The number of aromatic nitrogens is 2. The predicted molar refractivity (Wildman–Crippen MR) is 91.7 cm³/mol. The molecule has 0 spiro atoms. The van der Waals surface area contributed by atoms with Crippen molar-refractivity contribution in [1.82, 2.24) is 15.1 Å². The van der Waals surface area contributed by atoms with E-state index in [2.05, 4.69) is 29.5 Å². The Labute approximate surface area is 138 Å². The Kier molecular flexibility index (Phi) is 6.19. The lowest BCUT2D eigenvalue weighted by atomic mass is 10.1. The van der Waals surface area contributed by atoms with Gasteiger partial charge in [-0.2, -0.15) is 5.10 Å². The third-order valence-corrected chi connectivity index (χ3v) is 4.12. The summed E-state index contributed by atoms with van der Waals surface area (Å²) in [5.41, 5.74) is 4.56. The summed E-state index contributed by atoms with van der Waals surface area (Å²) in [5.74, 6) is 0.903. The van der Waals surface area contributed by atoms with Gasteiger partial charge in [0.1, 0.15) is 5.75 Å². The minimum atomic E-state index is 0.109. The number of ether oxygens (including phenoxy) is 1. The molecular formula is C18H27N3O2. The van der Waals surface area contributed by atoms with Crippen LogP contribution in [-0.2, 0) is 13.1 Å². The van der Waals surface area contributed by atoms with E-state index in [-0.39, 0.29) is 12.6 Å². The number of hydrogen-bond acceptors (Lipinski definition) is 4. The first-order valence-corrected chi connectivity index (χ1v) is 8.16. The standard InChI is InChI=1S/C18H27N3O2/c1-5-23-17-8-6-16(7-9-17)13(2)19-12-18-14(3)20-21(10-11-22)15(18)4/h6-9,13,19,22H,5,10-12H2,1-4H3. The average Bonchev–Trinajstić information content (AvgIpc) is 2.80. The first-order valence-electron chi connectivity index (χ1n) is 8.16. The number of nitrogens with zero attached hydrogens (tertiary/aromatic N) is 2. The monoisotopic (exact) mass is 317 g/mol. The maximum Gasteiger partial charge on any atom is 0.119 e. The zero-order valence-corrected chi connectivity index (χ0v) is 14.5. The molecule has 2 rings (SSSR count). The lowest BCUT2D eigenvalue weighted by Crippen LogP contribution is -2.19. The minimum Gasteiger partial charge on any atom is -0.494 e. The first-order chi connectivity index (χ1) is 11.1. The van der Waals surface area contributed by atoms with Gasteiger partial charge in [-0.3, -0.25) is 4.68 Å². The molecule has 126 valence electrons. The van der Waals surface area contributed by atoms with Gasteiger partial charge in [0.05, 0.1) is 25.5 Å². The van der Waals surface area contributed by atoms with E-state index in [1.165, 1.54) is 11.1 Å². The molecule has 0 bridgehead atoms. The van der Waals surface area contributed by atoms with Gasteiger partial charge in [-0.25, -0.2) is 0 Å². The van der Waals surface area contributed by atoms with Crippen LogP contribution in [0.1, 0.15) is 42.4 Å². The van der Waals surface area contributed by atoms with Crippen molar-refractivity contribution in [2.24, 2.45) is 0 Å². The maximum atomic E-state index is 9.08. The molecule has 0 aliphatic rings. The zero-order chi connectivity index (χ0) is 16.8. The molecule has 1 unspecified atom stereocenters. The van der Waals surface area contributed by atoms with Crippen molar-refractivity contribution >= 4 is 0 Å². The van der Waals surface area contributed by atoms with Crippen molar-refractivity contribution in [3.05, 3.63) is 46.8 Å². The van der Waals surface area contributed by atoms with Gasteiger partial charge in [0.25, 0.3) is 0 Å². The maximum absolute atomic E-state index is 9.08. The molecule has 0 saturated carbocycles. The van der Waals surface area contributed by atoms with Crippen LogP contribution in [0.5, 0.6) is 5.75 Å². The fourth-order valence-electron chi connectivity index (χ4n) is 2.69. The molecule has 1 heterocycles. The third kappa shape index (κ3) is 4.33. The topological polar surface area (TPSA) is 59.3 Å². The van der Waals surface area contributed by atoms with Crippen LogP contribution in [0.15, 0.2) is 24.3 Å². The van der Waals surface area contributed by atoms with Crippen LogP contribution in [0, 0.1) is 13.8 Å². The number of aliphatic hydroxyl groups is 1. The van der Waals surface area contributed by atoms with Crippen molar-refractivity contribution in [3.8, 4) is 5.75 Å². The van der Waals surface area contributed by atoms with E-state index < -0.39 is 0 Å². The molecule has 1 aromatic carbocycles. The molecule has 1 atom stereocenters. The van der Waals surface area contributed by atoms with Gasteiger partial charge in [-0.05, 0) is 45.4 Å². The molecule has 5 heteroatoms. The minimum absolute atomic E-state index is 0.109. The van der Waals surface area contributed by atoms with Crippen molar-refractivity contribution in [2.75, 3.05) is 13.2 Å². The molecule has 0 fully saturated rings. The Hall–Kier alpha value is -1.85. The lowest BCUT2D eigenvalue weighted by Gasteiger charge is -2.15. The first kappa shape index (κ1) is 17.5. The summed E-state index contributed by atoms with van der Waals surface area (Å²) < 4.78 is 7.34. The molecule has 0 aliphatic heterocycles. The van der Waals surface area contributed by atoms with E-state index in [9.17, 15) is 0 Å². The van der Waals surface area contributed by atoms with Crippen LogP contribution in [0.25, 0.3) is 0 Å². The molecule has 0 amide bonds. The summed E-state index contributed by atoms with van der Waals surface area (Å²) in [5, 5.41) is 17.1. The van der Waals surface area contributed by atoms with Gasteiger partial charge < -0.3 is 15.2 Å². The van der Waals surface area contributed by atoms with E-state index in [1.54, 1.807) is 0 Å². The highest BCUT2D eigenvalue weighted by Gasteiger charge is 2.13. The second-order valence-electron chi connectivity index (χ2n) is 5.70. The summed E-state index contributed by atoms with van der Waals surface area (Å²) >= 11 is 0. The van der Waals surface area contributed by atoms with Gasteiger partial charge in [0.15, 0.2) is 0 Å². The van der Waals surface area contributed by atoms with Gasteiger partial charge in [0.2, 0.25) is 0 Å². The molecular weight excluding hydrogens is 290 g/mol. The van der Waals surface area contributed by atoms with Crippen LogP contribution >= 0.6 is 0 Å². The quantitative estimate of drug-likeness (QED) is 0.786. The van der Waals surface area contributed by atoms with Gasteiger partial charge in [-0.15, -0.1) is 0 Å². The number of aryl methyl sites for hydroxylation is 1. The zero-order valence-electron chi connectivity index (χ0n) is 14.5. The Morgan fingerprint density at radius 1 is 1.26 bits per heavy atom. The molecule has 23 heavy (non-hydrogen) atoms. The van der Waals surface area contributed by atoms with Crippen molar-refractivity contribution in [1.29, 1.82) is 0 Å². The number of nitrogens with one attached hydrogen (secondary N) is 1. The summed E-state index contributed by atoms with van der Waals surface area (Å²) in [4.78, 5) is 0. The van der Waals surface area contributed by atoms with Crippen molar-refractivity contribution in [2.45, 2.75) is 46.8 Å². The van der Waals surface area contributed by atoms with E-state index in [4.69, 9.17) is 9.84 Å². The number of aliphatic hydroxyl groups excluding tert-OH is 1. The molecule has 2 N–H and O–H groups in total. The van der Waals surface area contributed by atoms with Crippen LogP contribution in [0.2, 0.25) is 0 Å². The molecule has 1 aromatic heterocycles. The normalized spacial score (nSPS) is 12.4. The number of benzene rings is 1. The summed E-state index contributed by atoms with van der Waals surface area (Å²) in [6.45, 7) is 10.3. The Morgan fingerprint density at radius 2 is 1.96 bits per heavy atom. The van der Waals surface area contributed by atoms with E-state index >= 15 is 0 Å². The Balaban J connectivity index is 2.00. The van der Waals surface area contributed by atoms with Crippen molar-refractivity contribution < 1.29 is 9.84 Å². The second-order valence-corrected chi connectivity index (χ2v) is 5.70. The van der Waals surface area contributed by atoms with E-state index in [0.29, 0.717) is 13.2 Å². The highest BCUT2D eigenvalue weighted by molar-refractivity contribution is 5.29. The number of hydrogen-bond donors (Lipinski definition) is 2. The molecule has 0 aliphatic carbocycles. The van der Waals surface area contributed by atoms with E-state index in [0.717, 1.165) is 23.7 Å². The fourth-order valence-corrected chi connectivity index (χ4v) is 2.69. The van der Waals surface area contributed by atoms with Crippen LogP contribution < -0.4 is 10.1 Å². The number of rotatable bonds is 8. The highest BCUT2D eigenvalue weighted by atomic mass is 16.5. The van der Waals surface area contributed by atoms with Gasteiger partial charge >= 0.3 is 0 Å². The van der Waals surface area contributed by atoms with Crippen molar-refractivity contribution in [3.63, 3.8) is 0 Å². The second kappa shape index (κ2) is 8.13. The van der Waals surface area contributed by atoms with Crippen LogP contribution in [0.3, 0.4) is 0 Å². The van der Waals surface area contributed by atoms with Gasteiger partial charge in [-0.1, -0.05) is 12.1 Å². The fraction of sp³-hybridized carbons (Fsp3) is 0.500. The highest BCUT2D eigenvalue weighted by Crippen LogP contribution is 2.19. The predicted octanol–water partition coefficient (Wildman–Crippen LogP) is 2.74. The lowest BCUT2D eigenvalue weighted by molar-refractivity contribution is 0.267. The third-order valence-electron chi connectivity index (χ3n) is 4.12. The largest absolute Gasteiger partial charge is 0.494 e.